The Bertz CT molecular complexity index is 477. The fourth-order valence-electron chi connectivity index (χ4n) is 1.92. The molecule has 0 spiro atoms. The van der Waals surface area contributed by atoms with Crippen LogP contribution in [0.3, 0.4) is 0 Å². The second-order valence-corrected chi connectivity index (χ2v) is 6.35. The number of para-hydroxylation sites is 1. The molecule has 0 saturated carbocycles. The first-order chi connectivity index (χ1) is 7.98. The van der Waals surface area contributed by atoms with E-state index in [-0.39, 0.29) is 11.2 Å². The molecule has 0 heterocycles. The maximum Gasteiger partial charge on any atom is 0.179 e. The molecule has 17 heavy (non-hydrogen) atoms. The molecule has 0 amide bonds. The number of nitrogens with one attached hydrogen (secondary N) is 1. The van der Waals surface area contributed by atoms with E-state index in [1.54, 1.807) is 0 Å². The fourth-order valence-corrected chi connectivity index (χ4v) is 2.44. The van der Waals surface area contributed by atoms with E-state index >= 15 is 0 Å². The van der Waals surface area contributed by atoms with Gasteiger partial charge in [0.1, 0.15) is 0 Å². The molecule has 3 heteroatoms. The zero-order valence-electron chi connectivity index (χ0n) is 10.1. The highest BCUT2D eigenvalue weighted by Crippen LogP contribution is 2.32. The summed E-state index contributed by atoms with van der Waals surface area (Å²) in [6, 6.07) is 7.99. The van der Waals surface area contributed by atoms with E-state index in [9.17, 15) is 4.79 Å². The summed E-state index contributed by atoms with van der Waals surface area (Å²) in [4.78, 5) is 12.0. The topological polar surface area (TPSA) is 29.1 Å². The van der Waals surface area contributed by atoms with Crippen LogP contribution in [0.15, 0.2) is 36.0 Å². The number of allylic oxidation sites excluding steroid dienone is 2. The predicted octanol–water partition coefficient (Wildman–Crippen LogP) is 3.98. The molecule has 1 aromatic rings. The Labute approximate surface area is 116 Å². The summed E-state index contributed by atoms with van der Waals surface area (Å²) in [5.74, 6) is 0.209. The quantitative estimate of drug-likeness (QED) is 0.825. The van der Waals surface area contributed by atoms with E-state index in [0.29, 0.717) is 6.42 Å². The van der Waals surface area contributed by atoms with Gasteiger partial charge in [-0.25, -0.2) is 0 Å². The molecule has 90 valence electrons. The van der Waals surface area contributed by atoms with Crippen molar-refractivity contribution in [1.82, 2.24) is 0 Å². The minimum atomic E-state index is 0.103. The summed E-state index contributed by atoms with van der Waals surface area (Å²) in [6.07, 6.45) is 3.59. The van der Waals surface area contributed by atoms with Crippen molar-refractivity contribution in [2.45, 2.75) is 26.7 Å². The number of Topliss-reactive ketones (excluding diaryl/α,β-unsaturated/α-hetero) is 1. The highest BCUT2D eigenvalue weighted by molar-refractivity contribution is 14.1. The third-order valence-corrected chi connectivity index (χ3v) is 3.88. The van der Waals surface area contributed by atoms with Crippen molar-refractivity contribution < 1.29 is 4.79 Å². The van der Waals surface area contributed by atoms with Gasteiger partial charge in [0.15, 0.2) is 5.78 Å². The maximum absolute atomic E-state index is 12.0. The Morgan fingerprint density at radius 1 is 1.29 bits per heavy atom. The van der Waals surface area contributed by atoms with Crippen LogP contribution in [0.1, 0.15) is 26.7 Å². The Morgan fingerprint density at radius 2 is 2.00 bits per heavy atom. The van der Waals surface area contributed by atoms with Gasteiger partial charge in [0.2, 0.25) is 0 Å². The molecule has 2 nitrogen and oxygen atoms in total. The summed E-state index contributed by atoms with van der Waals surface area (Å²) in [5, 5.41) is 3.24. The lowest BCUT2D eigenvalue weighted by molar-refractivity contribution is -0.117. The third kappa shape index (κ3) is 3.09. The average molecular weight is 341 g/mol. The fraction of sp³-hybridized carbons (Fsp3) is 0.357. The lowest BCUT2D eigenvalue weighted by atomic mass is 9.79. The van der Waals surface area contributed by atoms with E-state index < -0.39 is 0 Å². The molecule has 1 aliphatic carbocycles. The molecule has 0 aromatic heterocycles. The van der Waals surface area contributed by atoms with Gasteiger partial charge >= 0.3 is 0 Å². The van der Waals surface area contributed by atoms with Gasteiger partial charge in [-0.15, -0.1) is 0 Å². The molecule has 1 aliphatic rings. The van der Waals surface area contributed by atoms with E-state index in [1.807, 2.05) is 30.3 Å². The zero-order chi connectivity index (χ0) is 12.5. The number of anilines is 1. The molecule has 1 N–H and O–H groups in total. The van der Waals surface area contributed by atoms with E-state index in [2.05, 4.69) is 41.8 Å². The summed E-state index contributed by atoms with van der Waals surface area (Å²) in [7, 11) is 0. The first-order valence-corrected chi connectivity index (χ1v) is 6.81. The van der Waals surface area contributed by atoms with Crippen LogP contribution in [0.5, 0.6) is 0 Å². The average Bonchev–Trinajstić information content (AvgIpc) is 2.24. The van der Waals surface area contributed by atoms with Crippen LogP contribution in [0.4, 0.5) is 5.69 Å². The Kier molecular flexibility index (Phi) is 3.56. The Balaban J connectivity index is 2.18. The molecule has 0 aliphatic heterocycles. The van der Waals surface area contributed by atoms with Crippen LogP contribution in [0.25, 0.3) is 0 Å². The minimum Gasteiger partial charge on any atom is -0.352 e. The van der Waals surface area contributed by atoms with Gasteiger partial charge in [-0.05, 0) is 46.6 Å². The number of benzene rings is 1. The van der Waals surface area contributed by atoms with Gasteiger partial charge in [0.25, 0.3) is 0 Å². The lowest BCUT2D eigenvalue weighted by Gasteiger charge is -2.28. The highest BCUT2D eigenvalue weighted by atomic mass is 127. The van der Waals surface area contributed by atoms with Crippen LogP contribution < -0.4 is 5.32 Å². The van der Waals surface area contributed by atoms with Crippen molar-refractivity contribution in [3.05, 3.63) is 39.6 Å². The Morgan fingerprint density at radius 3 is 2.65 bits per heavy atom. The third-order valence-electron chi connectivity index (χ3n) is 2.94. The second-order valence-electron chi connectivity index (χ2n) is 5.19. The van der Waals surface area contributed by atoms with E-state index in [0.717, 1.165) is 21.4 Å². The van der Waals surface area contributed by atoms with Gasteiger partial charge in [0, 0.05) is 9.99 Å². The van der Waals surface area contributed by atoms with Gasteiger partial charge in [-0.2, -0.15) is 0 Å². The molecule has 0 atom stereocenters. The summed E-state index contributed by atoms with van der Waals surface area (Å²) in [5.41, 5.74) is 1.85. The lowest BCUT2D eigenvalue weighted by Crippen LogP contribution is -2.25. The first kappa shape index (κ1) is 12.6. The molecule has 2 rings (SSSR count). The number of halogens is 1. The summed E-state index contributed by atoms with van der Waals surface area (Å²) >= 11 is 2.27. The second kappa shape index (κ2) is 4.80. The molecule has 0 bridgehead atoms. The number of carbonyl (C=O) groups is 1. The molecule has 0 unspecified atom stereocenters. The van der Waals surface area contributed by atoms with Crippen LogP contribution >= 0.6 is 22.6 Å². The molecular weight excluding hydrogens is 325 g/mol. The molecule has 0 fully saturated rings. The normalized spacial score (nSPS) is 18.8. The van der Waals surface area contributed by atoms with Crippen molar-refractivity contribution in [3.8, 4) is 0 Å². The van der Waals surface area contributed by atoms with Gasteiger partial charge in [-0.1, -0.05) is 32.1 Å². The molecule has 0 radical (unpaired) electrons. The summed E-state index contributed by atoms with van der Waals surface area (Å²) < 4.78 is 1.13. The van der Waals surface area contributed by atoms with Crippen LogP contribution in [0, 0.1) is 8.99 Å². The number of hydrogen-bond acceptors (Lipinski definition) is 2. The smallest absolute Gasteiger partial charge is 0.179 e. The number of ketones is 1. The molecule has 1 aromatic carbocycles. The molecular formula is C14H16INO. The highest BCUT2D eigenvalue weighted by Gasteiger charge is 2.27. The standard InChI is InChI=1S/C14H16INO/c1-14(2)8-7-12(13(17)9-14)16-11-6-4-3-5-10(11)15/h3-7,16H,8-9H2,1-2H3. The number of hydrogen-bond donors (Lipinski definition) is 1. The van der Waals surface area contributed by atoms with Gasteiger partial charge in [0.05, 0.1) is 11.4 Å². The SMILES string of the molecule is CC1(C)CC=C(Nc2ccccc2I)C(=O)C1. The number of carbonyl (C=O) groups excluding carboxylic acids is 1. The summed E-state index contributed by atoms with van der Waals surface area (Å²) in [6.45, 7) is 4.26. The zero-order valence-corrected chi connectivity index (χ0v) is 12.2. The van der Waals surface area contributed by atoms with E-state index in [1.165, 1.54) is 0 Å². The van der Waals surface area contributed by atoms with Crippen LogP contribution in [0.2, 0.25) is 0 Å². The van der Waals surface area contributed by atoms with Crippen molar-refractivity contribution >= 4 is 34.1 Å². The minimum absolute atomic E-state index is 0.103. The maximum atomic E-state index is 12.0. The van der Waals surface area contributed by atoms with Gasteiger partial charge in [-0.3, -0.25) is 4.79 Å². The Hall–Kier alpha value is -0.840. The molecule has 0 saturated heterocycles. The first-order valence-electron chi connectivity index (χ1n) is 5.73. The predicted molar refractivity (Wildman–Crippen MR) is 78.9 cm³/mol. The van der Waals surface area contributed by atoms with Gasteiger partial charge < -0.3 is 5.32 Å². The van der Waals surface area contributed by atoms with Crippen LogP contribution in [-0.2, 0) is 4.79 Å². The van der Waals surface area contributed by atoms with Crippen LogP contribution in [-0.4, -0.2) is 5.78 Å². The van der Waals surface area contributed by atoms with E-state index in [4.69, 9.17) is 0 Å². The monoisotopic (exact) mass is 341 g/mol. The number of rotatable bonds is 2. The van der Waals surface area contributed by atoms with Crippen molar-refractivity contribution in [3.63, 3.8) is 0 Å². The van der Waals surface area contributed by atoms with Crippen molar-refractivity contribution in [2.75, 3.05) is 5.32 Å². The van der Waals surface area contributed by atoms with Crippen molar-refractivity contribution in [1.29, 1.82) is 0 Å². The largest absolute Gasteiger partial charge is 0.352 e. The van der Waals surface area contributed by atoms with Crippen molar-refractivity contribution in [2.24, 2.45) is 5.41 Å².